The number of amides is 2. The van der Waals surface area contributed by atoms with Crippen molar-refractivity contribution >= 4 is 34.8 Å². The third-order valence-electron chi connectivity index (χ3n) is 5.58. The molecule has 1 atom stereocenters. The lowest BCUT2D eigenvalue weighted by Crippen LogP contribution is -2.45. The molecule has 0 bridgehead atoms. The number of carbonyl (C=O) groups excluding carboxylic acids is 2. The zero-order valence-corrected chi connectivity index (χ0v) is 19.8. The first-order valence-electron chi connectivity index (χ1n) is 11.2. The molecular weight excluding hydrogens is 478 g/mol. The topological polar surface area (TPSA) is 101 Å². The van der Waals surface area contributed by atoms with Crippen molar-refractivity contribution in [3.05, 3.63) is 129 Å². The molecule has 0 heterocycles. The average Bonchev–Trinajstić information content (AvgIpc) is 2.89. The number of nitrogens with zero attached hydrogens (tertiary/aromatic N) is 1. The van der Waals surface area contributed by atoms with Crippen molar-refractivity contribution in [1.29, 1.82) is 0 Å². The Labute approximate surface area is 212 Å². The molecule has 0 aliphatic rings. The minimum absolute atomic E-state index is 0.0396. The average molecular weight is 500 g/mol. The number of nitro benzene ring substituents is 1. The number of nitrogens with one attached hydrogen (secondary N) is 2. The first-order valence-corrected chi connectivity index (χ1v) is 11.5. The molecule has 0 radical (unpaired) electrons. The normalized spacial score (nSPS) is 11.4. The maximum absolute atomic E-state index is 13.4. The molecule has 1 unspecified atom stereocenters. The molecule has 180 valence electrons. The highest BCUT2D eigenvalue weighted by atomic mass is 35.5. The highest BCUT2D eigenvalue weighted by Crippen LogP contribution is 2.28. The Hall–Kier alpha value is -4.49. The molecule has 0 saturated heterocycles. The van der Waals surface area contributed by atoms with Crippen LogP contribution in [-0.4, -0.2) is 22.8 Å². The molecule has 0 fully saturated rings. The van der Waals surface area contributed by atoms with Gasteiger partial charge >= 0.3 is 0 Å². The predicted octanol–water partition coefficient (Wildman–Crippen LogP) is 5.90. The Balaban J connectivity index is 1.60. The van der Waals surface area contributed by atoms with Crippen molar-refractivity contribution in [1.82, 2.24) is 5.32 Å². The van der Waals surface area contributed by atoms with Gasteiger partial charge in [-0.2, -0.15) is 0 Å². The van der Waals surface area contributed by atoms with Gasteiger partial charge in [-0.3, -0.25) is 19.7 Å². The minimum Gasteiger partial charge on any atom is -0.340 e. The predicted molar refractivity (Wildman–Crippen MR) is 140 cm³/mol. The van der Waals surface area contributed by atoms with Crippen LogP contribution in [0.3, 0.4) is 0 Å². The molecule has 36 heavy (non-hydrogen) atoms. The van der Waals surface area contributed by atoms with Crippen LogP contribution in [-0.2, 0) is 11.2 Å². The van der Waals surface area contributed by atoms with E-state index in [9.17, 15) is 19.7 Å². The van der Waals surface area contributed by atoms with E-state index < -0.39 is 22.8 Å². The van der Waals surface area contributed by atoms with Gasteiger partial charge in [0.15, 0.2) is 0 Å². The van der Waals surface area contributed by atoms with Gasteiger partial charge in [0, 0.05) is 29.8 Å². The Morgan fingerprint density at radius 3 is 2.17 bits per heavy atom. The quantitative estimate of drug-likeness (QED) is 0.233. The summed E-state index contributed by atoms with van der Waals surface area (Å²) < 4.78 is 0. The Morgan fingerprint density at radius 1 is 0.861 bits per heavy atom. The van der Waals surface area contributed by atoms with Gasteiger partial charge in [-0.1, -0.05) is 90.5 Å². The van der Waals surface area contributed by atoms with Crippen LogP contribution in [0, 0.1) is 10.1 Å². The van der Waals surface area contributed by atoms with Crippen LogP contribution >= 0.6 is 11.6 Å². The molecule has 0 aliphatic heterocycles. The van der Waals surface area contributed by atoms with Crippen molar-refractivity contribution in [3.8, 4) is 11.1 Å². The molecule has 0 aromatic heterocycles. The van der Waals surface area contributed by atoms with Gasteiger partial charge in [0.1, 0.15) is 6.04 Å². The lowest BCUT2D eigenvalue weighted by Gasteiger charge is -2.20. The van der Waals surface area contributed by atoms with Crippen LogP contribution < -0.4 is 10.6 Å². The van der Waals surface area contributed by atoms with Crippen molar-refractivity contribution < 1.29 is 14.5 Å². The maximum atomic E-state index is 13.4. The highest BCUT2D eigenvalue weighted by molar-refractivity contribution is 6.34. The van der Waals surface area contributed by atoms with E-state index in [4.69, 9.17) is 11.6 Å². The van der Waals surface area contributed by atoms with E-state index in [0.29, 0.717) is 5.69 Å². The zero-order chi connectivity index (χ0) is 25.5. The van der Waals surface area contributed by atoms with Crippen molar-refractivity contribution in [2.45, 2.75) is 12.5 Å². The molecule has 4 rings (SSSR count). The summed E-state index contributed by atoms with van der Waals surface area (Å²) in [6.07, 6.45) is 0.233. The number of hydrogen-bond acceptors (Lipinski definition) is 4. The van der Waals surface area contributed by atoms with Gasteiger partial charge in [0.05, 0.1) is 15.5 Å². The molecule has 0 saturated carbocycles. The van der Waals surface area contributed by atoms with Gasteiger partial charge in [-0.05, 0) is 23.3 Å². The van der Waals surface area contributed by atoms with Crippen LogP contribution in [0.1, 0.15) is 15.9 Å². The summed E-state index contributed by atoms with van der Waals surface area (Å²) in [7, 11) is 0. The minimum atomic E-state index is -0.935. The van der Waals surface area contributed by atoms with E-state index in [-0.39, 0.29) is 22.7 Å². The van der Waals surface area contributed by atoms with E-state index in [1.165, 1.54) is 12.1 Å². The maximum Gasteiger partial charge on any atom is 0.270 e. The number of hydrogen-bond donors (Lipinski definition) is 2. The number of anilines is 1. The summed E-state index contributed by atoms with van der Waals surface area (Å²) in [5.41, 5.74) is 3.05. The van der Waals surface area contributed by atoms with Crippen LogP contribution in [0.15, 0.2) is 103 Å². The monoisotopic (exact) mass is 499 g/mol. The molecule has 0 aliphatic carbocycles. The number of rotatable bonds is 8. The molecule has 8 heteroatoms. The number of non-ortho nitro benzene ring substituents is 1. The lowest BCUT2D eigenvalue weighted by molar-refractivity contribution is -0.384. The Morgan fingerprint density at radius 2 is 1.50 bits per heavy atom. The largest absolute Gasteiger partial charge is 0.340 e. The van der Waals surface area contributed by atoms with E-state index in [0.717, 1.165) is 22.8 Å². The van der Waals surface area contributed by atoms with E-state index in [1.807, 2.05) is 78.9 Å². The Bertz CT molecular complexity index is 1390. The van der Waals surface area contributed by atoms with Crippen LogP contribution in [0.5, 0.6) is 0 Å². The second-order valence-electron chi connectivity index (χ2n) is 8.04. The van der Waals surface area contributed by atoms with Crippen LogP contribution in [0.4, 0.5) is 11.4 Å². The fraction of sp³-hybridized carbons (Fsp3) is 0.0714. The van der Waals surface area contributed by atoms with Crippen molar-refractivity contribution in [2.24, 2.45) is 0 Å². The second-order valence-corrected chi connectivity index (χ2v) is 8.45. The fourth-order valence-electron chi connectivity index (χ4n) is 3.78. The number of halogens is 1. The third kappa shape index (κ3) is 5.95. The van der Waals surface area contributed by atoms with Gasteiger partial charge < -0.3 is 10.6 Å². The van der Waals surface area contributed by atoms with Gasteiger partial charge in [0.2, 0.25) is 5.91 Å². The van der Waals surface area contributed by atoms with Crippen molar-refractivity contribution in [3.63, 3.8) is 0 Å². The lowest BCUT2D eigenvalue weighted by atomic mass is 10.0. The van der Waals surface area contributed by atoms with E-state index in [1.54, 1.807) is 6.07 Å². The summed E-state index contributed by atoms with van der Waals surface area (Å²) in [6, 6.07) is 29.0. The molecule has 0 spiro atoms. The highest BCUT2D eigenvalue weighted by Gasteiger charge is 2.24. The zero-order valence-electron chi connectivity index (χ0n) is 19.1. The SMILES string of the molecule is O=C(NC(Cc1ccccc1)C(=O)Nc1ccccc1-c1ccccc1)c1ccc([N+](=O)[O-])cc1Cl. The molecule has 7 nitrogen and oxygen atoms in total. The molecule has 4 aromatic rings. The molecule has 2 amide bonds. The first kappa shape index (κ1) is 24.6. The van der Waals surface area contributed by atoms with Gasteiger partial charge in [-0.25, -0.2) is 0 Å². The standard InChI is InChI=1S/C28H22ClN3O4/c29-24-18-21(32(35)36)15-16-23(24)27(33)31-26(17-19-9-3-1-4-10-19)28(34)30-25-14-8-7-13-22(25)20-11-5-2-6-12-20/h1-16,18,26H,17H2,(H,30,34)(H,31,33). The fourth-order valence-corrected chi connectivity index (χ4v) is 4.04. The summed E-state index contributed by atoms with van der Waals surface area (Å²) in [5.74, 6) is -1.02. The number of carbonyl (C=O) groups is 2. The number of benzene rings is 4. The van der Waals surface area contributed by atoms with Gasteiger partial charge in [-0.15, -0.1) is 0 Å². The summed E-state index contributed by atoms with van der Waals surface area (Å²) in [6.45, 7) is 0. The molecule has 4 aromatic carbocycles. The van der Waals surface area contributed by atoms with E-state index >= 15 is 0 Å². The van der Waals surface area contributed by atoms with Crippen LogP contribution in [0.25, 0.3) is 11.1 Å². The third-order valence-corrected chi connectivity index (χ3v) is 5.90. The van der Waals surface area contributed by atoms with Crippen LogP contribution in [0.2, 0.25) is 5.02 Å². The number of para-hydroxylation sites is 1. The smallest absolute Gasteiger partial charge is 0.270 e. The van der Waals surface area contributed by atoms with E-state index in [2.05, 4.69) is 10.6 Å². The first-order chi connectivity index (χ1) is 17.4. The second kappa shape index (κ2) is 11.3. The summed E-state index contributed by atoms with van der Waals surface area (Å²) in [5, 5.41) is 16.6. The number of nitro groups is 1. The molecule has 2 N–H and O–H groups in total. The van der Waals surface area contributed by atoms with Crippen molar-refractivity contribution in [2.75, 3.05) is 5.32 Å². The summed E-state index contributed by atoms with van der Waals surface area (Å²) in [4.78, 5) is 36.9. The Kier molecular flexibility index (Phi) is 7.72. The summed E-state index contributed by atoms with van der Waals surface area (Å²) >= 11 is 6.14. The molecular formula is C28H22ClN3O4. The van der Waals surface area contributed by atoms with Gasteiger partial charge in [0.25, 0.3) is 11.6 Å².